The van der Waals surface area contributed by atoms with Crippen LogP contribution in [0.1, 0.15) is 11.4 Å². The Morgan fingerprint density at radius 2 is 1.90 bits per heavy atom. The van der Waals surface area contributed by atoms with Crippen LogP contribution in [0.5, 0.6) is 5.75 Å². The van der Waals surface area contributed by atoms with Crippen molar-refractivity contribution in [2.45, 2.75) is 6.92 Å². The standard InChI is InChI=1S/C16H12N4O/c1-10-3-4-12-11(5-6-14(21-2)16(12)20-10)15-13(9-17)18-7-8-19-15/h3-8H,1-2H3. The largest absolute Gasteiger partial charge is 0.494 e. The molecule has 0 fully saturated rings. The van der Waals surface area contributed by atoms with Crippen molar-refractivity contribution in [3.05, 3.63) is 48.0 Å². The molecule has 2 heterocycles. The van der Waals surface area contributed by atoms with E-state index in [2.05, 4.69) is 21.0 Å². The summed E-state index contributed by atoms with van der Waals surface area (Å²) in [6.07, 6.45) is 3.09. The number of benzene rings is 1. The fourth-order valence-electron chi connectivity index (χ4n) is 2.28. The Hall–Kier alpha value is -3.00. The molecule has 0 radical (unpaired) electrons. The first-order valence-corrected chi connectivity index (χ1v) is 6.40. The van der Waals surface area contributed by atoms with Crippen LogP contribution in [0.3, 0.4) is 0 Å². The highest BCUT2D eigenvalue weighted by atomic mass is 16.5. The van der Waals surface area contributed by atoms with Crippen LogP contribution >= 0.6 is 0 Å². The minimum atomic E-state index is 0.296. The summed E-state index contributed by atoms with van der Waals surface area (Å²) in [6, 6.07) is 9.67. The van der Waals surface area contributed by atoms with E-state index in [0.717, 1.165) is 22.2 Å². The highest BCUT2D eigenvalue weighted by Gasteiger charge is 2.14. The van der Waals surface area contributed by atoms with E-state index in [0.29, 0.717) is 17.1 Å². The first-order chi connectivity index (χ1) is 10.2. The van der Waals surface area contributed by atoms with Gasteiger partial charge in [-0.1, -0.05) is 6.07 Å². The van der Waals surface area contributed by atoms with Gasteiger partial charge in [-0.25, -0.2) is 9.97 Å². The van der Waals surface area contributed by atoms with Gasteiger partial charge in [-0.3, -0.25) is 4.98 Å². The van der Waals surface area contributed by atoms with Gasteiger partial charge in [0.05, 0.1) is 7.11 Å². The molecule has 0 saturated carbocycles. The monoisotopic (exact) mass is 276 g/mol. The third-order valence-electron chi connectivity index (χ3n) is 3.24. The quantitative estimate of drug-likeness (QED) is 0.719. The predicted molar refractivity (Wildman–Crippen MR) is 78.8 cm³/mol. The van der Waals surface area contributed by atoms with Gasteiger partial charge in [0.1, 0.15) is 23.0 Å². The van der Waals surface area contributed by atoms with Crippen LogP contribution in [0.25, 0.3) is 22.2 Å². The summed E-state index contributed by atoms with van der Waals surface area (Å²) in [6.45, 7) is 1.93. The second-order valence-electron chi connectivity index (χ2n) is 4.53. The van der Waals surface area contributed by atoms with E-state index < -0.39 is 0 Å². The van der Waals surface area contributed by atoms with Crippen molar-refractivity contribution >= 4 is 10.9 Å². The van der Waals surface area contributed by atoms with Gasteiger partial charge >= 0.3 is 0 Å². The van der Waals surface area contributed by atoms with Crippen molar-refractivity contribution in [3.63, 3.8) is 0 Å². The number of methoxy groups -OCH3 is 1. The van der Waals surface area contributed by atoms with Gasteiger partial charge in [0, 0.05) is 29.0 Å². The van der Waals surface area contributed by atoms with Crippen LogP contribution in [0, 0.1) is 18.3 Å². The molecule has 102 valence electrons. The number of aryl methyl sites for hydroxylation is 1. The molecule has 0 spiro atoms. The summed E-state index contributed by atoms with van der Waals surface area (Å²) in [7, 11) is 1.61. The van der Waals surface area contributed by atoms with Gasteiger partial charge in [0.2, 0.25) is 0 Å². The highest BCUT2D eigenvalue weighted by molar-refractivity contribution is 5.97. The summed E-state index contributed by atoms with van der Waals surface area (Å²) >= 11 is 0. The number of ether oxygens (including phenoxy) is 1. The molecule has 2 aromatic heterocycles. The number of pyridine rings is 1. The molecular weight excluding hydrogens is 264 g/mol. The smallest absolute Gasteiger partial charge is 0.166 e. The normalized spacial score (nSPS) is 10.3. The van der Waals surface area contributed by atoms with Gasteiger partial charge in [0.25, 0.3) is 0 Å². The molecule has 0 aliphatic carbocycles. The molecule has 0 aliphatic heterocycles. The Labute approximate surface area is 121 Å². The minimum Gasteiger partial charge on any atom is -0.494 e. The number of hydrogen-bond acceptors (Lipinski definition) is 5. The van der Waals surface area contributed by atoms with E-state index in [9.17, 15) is 5.26 Å². The average Bonchev–Trinajstić information content (AvgIpc) is 2.53. The Balaban J connectivity index is 2.37. The van der Waals surface area contributed by atoms with E-state index in [1.165, 1.54) is 6.20 Å². The maximum absolute atomic E-state index is 9.20. The Morgan fingerprint density at radius 1 is 1.10 bits per heavy atom. The lowest BCUT2D eigenvalue weighted by molar-refractivity contribution is 0.419. The molecular formula is C16H12N4O. The second-order valence-corrected chi connectivity index (χ2v) is 4.53. The first-order valence-electron chi connectivity index (χ1n) is 6.40. The lowest BCUT2D eigenvalue weighted by atomic mass is 10.0. The van der Waals surface area contributed by atoms with E-state index in [4.69, 9.17) is 4.74 Å². The molecule has 0 amide bonds. The van der Waals surface area contributed by atoms with Gasteiger partial charge in [-0.05, 0) is 25.1 Å². The molecule has 5 nitrogen and oxygen atoms in total. The third-order valence-corrected chi connectivity index (χ3v) is 3.24. The minimum absolute atomic E-state index is 0.296. The predicted octanol–water partition coefficient (Wildman–Crippen LogP) is 2.88. The molecule has 1 aromatic carbocycles. The lowest BCUT2D eigenvalue weighted by Gasteiger charge is -2.10. The summed E-state index contributed by atoms with van der Waals surface area (Å²) in [5.74, 6) is 0.694. The molecule has 0 saturated heterocycles. The van der Waals surface area contributed by atoms with Crippen molar-refractivity contribution in [1.29, 1.82) is 5.26 Å². The summed E-state index contributed by atoms with van der Waals surface area (Å²) in [4.78, 5) is 12.9. The Bertz CT molecular complexity index is 868. The lowest BCUT2D eigenvalue weighted by Crippen LogP contribution is -1.96. The first kappa shape index (κ1) is 13.0. The number of hydrogen-bond donors (Lipinski definition) is 0. The zero-order chi connectivity index (χ0) is 14.8. The number of rotatable bonds is 2. The number of aromatic nitrogens is 3. The van der Waals surface area contributed by atoms with Gasteiger partial charge in [-0.2, -0.15) is 5.26 Å². The summed E-state index contributed by atoms with van der Waals surface area (Å²) < 4.78 is 5.37. The molecule has 0 unspecified atom stereocenters. The van der Waals surface area contributed by atoms with E-state index in [-0.39, 0.29) is 0 Å². The van der Waals surface area contributed by atoms with Crippen LogP contribution in [0.15, 0.2) is 36.7 Å². The van der Waals surface area contributed by atoms with Gasteiger partial charge < -0.3 is 4.74 Å². The van der Waals surface area contributed by atoms with Crippen molar-refractivity contribution in [3.8, 4) is 23.1 Å². The third kappa shape index (κ3) is 2.17. The molecule has 0 aliphatic rings. The van der Waals surface area contributed by atoms with Crippen molar-refractivity contribution in [2.75, 3.05) is 7.11 Å². The van der Waals surface area contributed by atoms with Crippen LogP contribution < -0.4 is 4.74 Å². The molecule has 3 rings (SSSR count). The van der Waals surface area contributed by atoms with Gasteiger partial charge in [0.15, 0.2) is 5.69 Å². The summed E-state index contributed by atoms with van der Waals surface area (Å²) in [5, 5.41) is 10.1. The highest BCUT2D eigenvalue weighted by Crippen LogP contribution is 2.33. The molecule has 5 heteroatoms. The van der Waals surface area contributed by atoms with Crippen LogP contribution in [-0.2, 0) is 0 Å². The maximum Gasteiger partial charge on any atom is 0.166 e. The second kappa shape index (κ2) is 5.17. The van der Waals surface area contributed by atoms with Gasteiger partial charge in [-0.15, -0.1) is 0 Å². The molecule has 0 atom stereocenters. The molecule has 0 bridgehead atoms. The molecule has 0 N–H and O–H groups in total. The van der Waals surface area contributed by atoms with E-state index >= 15 is 0 Å². The van der Waals surface area contributed by atoms with Crippen LogP contribution in [0.2, 0.25) is 0 Å². The van der Waals surface area contributed by atoms with Crippen molar-refractivity contribution < 1.29 is 4.74 Å². The number of nitrogens with zero attached hydrogens (tertiary/aromatic N) is 4. The number of fused-ring (bicyclic) bond motifs is 1. The van der Waals surface area contributed by atoms with Crippen molar-refractivity contribution in [2.24, 2.45) is 0 Å². The van der Waals surface area contributed by atoms with Crippen LogP contribution in [-0.4, -0.2) is 22.1 Å². The average molecular weight is 276 g/mol. The van der Waals surface area contributed by atoms with Crippen molar-refractivity contribution in [1.82, 2.24) is 15.0 Å². The SMILES string of the molecule is COc1ccc(-c2nccnc2C#N)c2ccc(C)nc12. The Morgan fingerprint density at radius 3 is 2.67 bits per heavy atom. The topological polar surface area (TPSA) is 71.7 Å². The van der Waals surface area contributed by atoms with Crippen LogP contribution in [0.4, 0.5) is 0 Å². The summed E-state index contributed by atoms with van der Waals surface area (Å²) in [5.41, 5.74) is 3.33. The molecule has 21 heavy (non-hydrogen) atoms. The van der Waals surface area contributed by atoms with E-state index in [1.54, 1.807) is 13.3 Å². The van der Waals surface area contributed by atoms with E-state index in [1.807, 2.05) is 31.2 Å². The maximum atomic E-state index is 9.20. The molecule has 3 aromatic rings. The zero-order valence-corrected chi connectivity index (χ0v) is 11.7. The Kier molecular flexibility index (Phi) is 3.20. The zero-order valence-electron chi connectivity index (χ0n) is 11.7. The fraction of sp³-hybridized carbons (Fsp3) is 0.125. The fourth-order valence-corrected chi connectivity index (χ4v) is 2.28. The number of nitriles is 1.